The van der Waals surface area contributed by atoms with Crippen LogP contribution in [0.4, 0.5) is 5.82 Å². The Morgan fingerprint density at radius 2 is 1.84 bits per heavy atom. The van der Waals surface area contributed by atoms with E-state index >= 15 is 0 Å². The number of amides is 1. The number of anilines is 1. The molecule has 0 spiro atoms. The summed E-state index contributed by atoms with van der Waals surface area (Å²) in [6, 6.07) is 10.2. The van der Waals surface area contributed by atoms with Crippen molar-refractivity contribution in [2.45, 2.75) is 64.0 Å². The number of nitrogens with two attached hydrogens (primary N) is 1. The summed E-state index contributed by atoms with van der Waals surface area (Å²) in [4.78, 5) is 22.4. The number of aryl methyl sites for hydroxylation is 2. The summed E-state index contributed by atoms with van der Waals surface area (Å²) in [7, 11) is 0. The van der Waals surface area contributed by atoms with E-state index in [9.17, 15) is 15.2 Å². The summed E-state index contributed by atoms with van der Waals surface area (Å²) in [6.45, 7) is 2.48. The number of carbonyl (C=O) groups is 1. The number of aliphatic hydroxyl groups is 1. The zero-order valence-electron chi connectivity index (χ0n) is 21.8. The molecule has 7 rings (SSSR count). The Bertz CT molecular complexity index is 1430. The highest BCUT2D eigenvalue weighted by atomic mass is 16.3. The lowest BCUT2D eigenvalue weighted by Crippen LogP contribution is -2.60. The van der Waals surface area contributed by atoms with Crippen molar-refractivity contribution in [3.05, 3.63) is 47.4 Å². The molecular weight excluding hydrogens is 476 g/mol. The summed E-state index contributed by atoms with van der Waals surface area (Å²) in [5.41, 5.74) is 10.3. The number of benzene rings is 1. The van der Waals surface area contributed by atoms with E-state index in [0.717, 1.165) is 36.0 Å². The molecule has 4 saturated carbocycles. The van der Waals surface area contributed by atoms with Crippen LogP contribution in [-0.2, 0) is 11.3 Å². The van der Waals surface area contributed by atoms with E-state index in [1.165, 1.54) is 25.6 Å². The number of rotatable bonds is 7. The fraction of sp³-hybridized carbons (Fsp3) is 0.467. The Kier molecular flexibility index (Phi) is 6.19. The summed E-state index contributed by atoms with van der Waals surface area (Å²) >= 11 is 0. The van der Waals surface area contributed by atoms with E-state index in [4.69, 9.17) is 5.73 Å². The topological polar surface area (TPSA) is 130 Å². The SMILES string of the molecule is Cc1ccc(-c2c(C=C(C#N)C(=O)NC34CC5CC(CC(C5)C3)C4)n(CCCO)c3ncnc(N)c23)cc1. The second-order valence-electron chi connectivity index (χ2n) is 11.6. The van der Waals surface area contributed by atoms with Crippen LogP contribution in [0, 0.1) is 36.0 Å². The van der Waals surface area contributed by atoms with Gasteiger partial charge >= 0.3 is 0 Å². The van der Waals surface area contributed by atoms with E-state index in [-0.39, 0.29) is 23.6 Å². The quantitative estimate of drug-likeness (QED) is 0.320. The van der Waals surface area contributed by atoms with Crippen molar-refractivity contribution in [2.75, 3.05) is 12.3 Å². The molecule has 2 aromatic heterocycles. The van der Waals surface area contributed by atoms with Crippen LogP contribution < -0.4 is 11.1 Å². The second-order valence-corrected chi connectivity index (χ2v) is 11.6. The maximum atomic E-state index is 13.7. The number of nitrogens with zero attached hydrogens (tertiary/aromatic N) is 4. The van der Waals surface area contributed by atoms with Crippen molar-refractivity contribution in [1.82, 2.24) is 19.9 Å². The molecule has 196 valence electrons. The van der Waals surface area contributed by atoms with E-state index < -0.39 is 0 Å². The molecule has 0 atom stereocenters. The molecular formula is C30H34N6O2. The predicted molar refractivity (Wildman–Crippen MR) is 146 cm³/mol. The number of hydrogen-bond donors (Lipinski definition) is 3. The van der Waals surface area contributed by atoms with Gasteiger partial charge in [0.05, 0.1) is 11.1 Å². The summed E-state index contributed by atoms with van der Waals surface area (Å²) < 4.78 is 1.94. The van der Waals surface area contributed by atoms with Crippen LogP contribution in [-0.4, -0.2) is 37.7 Å². The third-order valence-electron chi connectivity index (χ3n) is 8.85. The average Bonchev–Trinajstić information content (AvgIpc) is 3.19. The third kappa shape index (κ3) is 4.25. The third-order valence-corrected chi connectivity index (χ3v) is 8.85. The van der Waals surface area contributed by atoms with Crippen LogP contribution in [0.2, 0.25) is 0 Å². The maximum absolute atomic E-state index is 13.7. The highest BCUT2D eigenvalue weighted by Gasteiger charge is 2.51. The number of hydrogen-bond acceptors (Lipinski definition) is 6. The minimum Gasteiger partial charge on any atom is -0.396 e. The minimum atomic E-state index is -0.317. The number of aromatic nitrogens is 3. The molecule has 4 aliphatic carbocycles. The molecule has 4 aliphatic rings. The standard InChI is InChI=1S/C30H34N6O2/c1-18-3-5-22(6-4-18)25-24(36(7-2-8-37)28-26(25)27(32)33-17-34-28)12-23(16-31)29(38)35-30-13-19-9-20(14-30)11-21(10-19)15-30/h3-6,12,17,19-21,37H,2,7-11,13-15H2,1H3,(H,35,38)(H2,32,33,34). The number of carbonyl (C=O) groups excluding carboxylic acids is 1. The van der Waals surface area contributed by atoms with E-state index in [1.54, 1.807) is 6.08 Å². The van der Waals surface area contributed by atoms with Crippen LogP contribution in [0.25, 0.3) is 28.2 Å². The van der Waals surface area contributed by atoms with Gasteiger partial charge in [-0.1, -0.05) is 29.8 Å². The van der Waals surface area contributed by atoms with Crippen LogP contribution >= 0.6 is 0 Å². The molecule has 3 aromatic rings. The van der Waals surface area contributed by atoms with Gasteiger partial charge in [0.1, 0.15) is 29.4 Å². The zero-order chi connectivity index (χ0) is 26.4. The number of nitrogens with one attached hydrogen (secondary N) is 1. The molecule has 0 radical (unpaired) electrons. The fourth-order valence-electron chi connectivity index (χ4n) is 7.69. The summed E-state index contributed by atoms with van der Waals surface area (Å²) in [5.74, 6) is 2.08. The molecule has 4 N–H and O–H groups in total. The first-order valence-electron chi connectivity index (χ1n) is 13.6. The lowest BCUT2D eigenvalue weighted by Gasteiger charge is -2.56. The summed E-state index contributed by atoms with van der Waals surface area (Å²) in [5, 5.41) is 23.8. The van der Waals surface area contributed by atoms with Gasteiger partial charge in [0.15, 0.2) is 0 Å². The van der Waals surface area contributed by atoms with E-state index in [1.807, 2.05) is 35.8 Å². The van der Waals surface area contributed by atoms with Gasteiger partial charge in [0.25, 0.3) is 5.91 Å². The van der Waals surface area contributed by atoms with Gasteiger partial charge in [0.2, 0.25) is 0 Å². The van der Waals surface area contributed by atoms with Crippen LogP contribution in [0.1, 0.15) is 56.2 Å². The Morgan fingerprint density at radius 3 is 2.45 bits per heavy atom. The molecule has 38 heavy (non-hydrogen) atoms. The molecule has 8 heteroatoms. The summed E-state index contributed by atoms with van der Waals surface area (Å²) in [6.07, 6.45) is 10.5. The smallest absolute Gasteiger partial charge is 0.262 e. The van der Waals surface area contributed by atoms with Crippen molar-refractivity contribution in [2.24, 2.45) is 17.8 Å². The maximum Gasteiger partial charge on any atom is 0.262 e. The molecule has 4 fully saturated rings. The number of nitriles is 1. The number of aliphatic hydroxyl groups excluding tert-OH is 1. The van der Waals surface area contributed by atoms with Crippen LogP contribution in [0.3, 0.4) is 0 Å². The lowest BCUT2D eigenvalue weighted by molar-refractivity contribution is -0.122. The second kappa shape index (κ2) is 9.55. The van der Waals surface area contributed by atoms with Gasteiger partial charge in [0, 0.05) is 24.3 Å². The first kappa shape index (κ1) is 24.6. The Hall–Kier alpha value is -3.70. The fourth-order valence-corrected chi connectivity index (χ4v) is 7.69. The molecule has 4 bridgehead atoms. The van der Waals surface area contributed by atoms with Crippen molar-refractivity contribution in [3.63, 3.8) is 0 Å². The lowest BCUT2D eigenvalue weighted by atomic mass is 9.53. The Labute approximate surface area is 222 Å². The predicted octanol–water partition coefficient (Wildman–Crippen LogP) is 4.36. The van der Waals surface area contributed by atoms with Gasteiger partial charge < -0.3 is 20.7 Å². The molecule has 8 nitrogen and oxygen atoms in total. The van der Waals surface area contributed by atoms with E-state index in [0.29, 0.717) is 53.3 Å². The monoisotopic (exact) mass is 510 g/mol. The number of fused-ring (bicyclic) bond motifs is 1. The van der Waals surface area contributed by atoms with Crippen molar-refractivity contribution in [3.8, 4) is 17.2 Å². The van der Waals surface area contributed by atoms with Crippen molar-refractivity contribution < 1.29 is 9.90 Å². The van der Waals surface area contributed by atoms with Crippen LogP contribution in [0.5, 0.6) is 0 Å². The molecule has 0 unspecified atom stereocenters. The number of nitrogen functional groups attached to an aromatic ring is 1. The van der Waals surface area contributed by atoms with Gasteiger partial charge in [-0.2, -0.15) is 5.26 Å². The largest absolute Gasteiger partial charge is 0.396 e. The molecule has 1 aromatic carbocycles. The first-order valence-corrected chi connectivity index (χ1v) is 13.6. The zero-order valence-corrected chi connectivity index (χ0v) is 21.8. The van der Waals surface area contributed by atoms with Gasteiger partial charge in [-0.05, 0) is 81.3 Å². The van der Waals surface area contributed by atoms with Gasteiger partial charge in [-0.3, -0.25) is 4.79 Å². The Balaban J connectivity index is 1.46. The van der Waals surface area contributed by atoms with Gasteiger partial charge in [-0.15, -0.1) is 0 Å². The van der Waals surface area contributed by atoms with E-state index in [2.05, 4.69) is 21.4 Å². The highest BCUT2D eigenvalue weighted by Crippen LogP contribution is 2.55. The van der Waals surface area contributed by atoms with Crippen LogP contribution in [0.15, 0.2) is 36.2 Å². The van der Waals surface area contributed by atoms with Crippen molar-refractivity contribution >= 4 is 28.8 Å². The van der Waals surface area contributed by atoms with Crippen molar-refractivity contribution in [1.29, 1.82) is 5.26 Å². The molecule has 0 aliphatic heterocycles. The molecule has 0 saturated heterocycles. The Morgan fingerprint density at radius 1 is 1.18 bits per heavy atom. The van der Waals surface area contributed by atoms with Gasteiger partial charge in [-0.25, -0.2) is 9.97 Å². The normalized spacial score (nSPS) is 26.0. The average molecular weight is 511 g/mol. The molecule has 2 heterocycles. The first-order chi connectivity index (χ1) is 18.4. The molecule has 1 amide bonds. The highest BCUT2D eigenvalue weighted by molar-refractivity contribution is 6.08. The minimum absolute atomic E-state index is 0.000865.